The summed E-state index contributed by atoms with van der Waals surface area (Å²) in [6.45, 7) is 6.07. The lowest BCUT2D eigenvalue weighted by molar-refractivity contribution is -0.384. The Hall–Kier alpha value is -4.10. The van der Waals surface area contributed by atoms with Crippen LogP contribution >= 0.6 is 11.6 Å². The van der Waals surface area contributed by atoms with Gasteiger partial charge in [0, 0.05) is 51.0 Å². The highest BCUT2D eigenvalue weighted by Crippen LogP contribution is 2.41. The number of hydrogen-bond acceptors (Lipinski definition) is 5. The molecule has 0 fully saturated rings. The van der Waals surface area contributed by atoms with Crippen molar-refractivity contribution in [2.45, 2.75) is 20.8 Å². The third-order valence-electron chi connectivity index (χ3n) is 5.58. The number of hydrogen-bond donors (Lipinski definition) is 1. The van der Waals surface area contributed by atoms with E-state index >= 15 is 0 Å². The number of fused-ring (bicyclic) bond motifs is 1. The molecule has 0 bridgehead atoms. The van der Waals surface area contributed by atoms with Crippen LogP contribution in [0.15, 0.2) is 71.4 Å². The maximum Gasteiger partial charge on any atom is 0.271 e. The first kappa shape index (κ1) is 24.0. The van der Waals surface area contributed by atoms with Crippen LogP contribution in [0.25, 0.3) is 27.7 Å². The molecular formula is C27H23ClN2O5. The second kappa shape index (κ2) is 10.0. The Morgan fingerprint density at radius 3 is 2.63 bits per heavy atom. The minimum Gasteiger partial charge on any atom is -0.493 e. The Labute approximate surface area is 207 Å². The van der Waals surface area contributed by atoms with Gasteiger partial charge in [0.05, 0.1) is 17.8 Å². The van der Waals surface area contributed by atoms with E-state index in [4.69, 9.17) is 20.8 Å². The Bertz CT molecular complexity index is 1450. The van der Waals surface area contributed by atoms with Gasteiger partial charge in [-0.05, 0) is 56.2 Å². The molecule has 0 atom stereocenters. The van der Waals surface area contributed by atoms with E-state index in [1.54, 1.807) is 12.3 Å². The van der Waals surface area contributed by atoms with E-state index in [-0.39, 0.29) is 5.69 Å². The Kier molecular flexibility index (Phi) is 6.89. The molecule has 3 aromatic carbocycles. The summed E-state index contributed by atoms with van der Waals surface area (Å²) >= 11 is 6.05. The lowest BCUT2D eigenvalue weighted by Gasteiger charge is -2.15. The number of carbonyl (C=O) groups excluding carboxylic acids is 1. The van der Waals surface area contributed by atoms with Crippen molar-refractivity contribution < 1.29 is 18.9 Å². The summed E-state index contributed by atoms with van der Waals surface area (Å²) in [6, 6.07) is 15.2. The minimum absolute atomic E-state index is 0.0992. The Morgan fingerprint density at radius 2 is 1.94 bits per heavy atom. The summed E-state index contributed by atoms with van der Waals surface area (Å²) in [4.78, 5) is 23.2. The summed E-state index contributed by atoms with van der Waals surface area (Å²) in [6.07, 6.45) is 3.15. The first-order valence-electron chi connectivity index (χ1n) is 11.0. The molecule has 1 N–H and O–H groups in total. The summed E-state index contributed by atoms with van der Waals surface area (Å²) in [7, 11) is 0. The summed E-state index contributed by atoms with van der Waals surface area (Å²) < 4.78 is 11.9. The van der Waals surface area contributed by atoms with Crippen LogP contribution in [0.3, 0.4) is 0 Å². The highest BCUT2D eigenvalue weighted by atomic mass is 35.5. The third-order valence-corrected chi connectivity index (χ3v) is 5.84. The maximum atomic E-state index is 12.7. The number of anilines is 1. The predicted octanol–water partition coefficient (Wildman–Crippen LogP) is 7.41. The second-order valence-electron chi connectivity index (χ2n) is 7.97. The summed E-state index contributed by atoms with van der Waals surface area (Å²) in [5.74, 6) is 0.224. The van der Waals surface area contributed by atoms with Crippen LogP contribution in [-0.4, -0.2) is 17.4 Å². The SMILES string of the molecule is CCOc1c(/C(C)=C/C(=O)Nc2cccc([N+](=O)[O-])c2)cc2c(-c3ccc(Cl)cc3)coc2c1C. The van der Waals surface area contributed by atoms with E-state index in [1.807, 2.05) is 51.1 Å². The number of halogens is 1. The molecule has 4 aromatic rings. The molecule has 0 radical (unpaired) electrons. The molecule has 1 heterocycles. The molecule has 0 unspecified atom stereocenters. The van der Waals surface area contributed by atoms with Gasteiger partial charge in [0.25, 0.3) is 5.69 Å². The molecular weight excluding hydrogens is 468 g/mol. The fraction of sp³-hybridized carbons (Fsp3) is 0.148. The molecule has 0 aliphatic carbocycles. The van der Waals surface area contributed by atoms with Gasteiger partial charge in [-0.15, -0.1) is 0 Å². The van der Waals surface area contributed by atoms with E-state index in [0.29, 0.717) is 34.2 Å². The van der Waals surface area contributed by atoms with Gasteiger partial charge in [-0.25, -0.2) is 0 Å². The van der Waals surface area contributed by atoms with Gasteiger partial charge in [0.1, 0.15) is 11.3 Å². The van der Waals surface area contributed by atoms with Crippen LogP contribution in [0.2, 0.25) is 5.02 Å². The molecule has 8 heteroatoms. The predicted molar refractivity (Wildman–Crippen MR) is 138 cm³/mol. The molecule has 0 saturated heterocycles. The molecule has 178 valence electrons. The van der Waals surface area contributed by atoms with Gasteiger partial charge < -0.3 is 14.5 Å². The zero-order valence-electron chi connectivity index (χ0n) is 19.4. The Balaban J connectivity index is 1.75. The second-order valence-corrected chi connectivity index (χ2v) is 8.40. The Morgan fingerprint density at radius 1 is 1.20 bits per heavy atom. The lowest BCUT2D eigenvalue weighted by Crippen LogP contribution is -2.09. The molecule has 0 saturated carbocycles. The normalized spacial score (nSPS) is 11.5. The molecule has 1 aromatic heterocycles. The molecule has 4 rings (SSSR count). The van der Waals surface area contributed by atoms with E-state index in [1.165, 1.54) is 24.3 Å². The van der Waals surface area contributed by atoms with Crippen LogP contribution < -0.4 is 10.1 Å². The highest BCUT2D eigenvalue weighted by Gasteiger charge is 2.19. The monoisotopic (exact) mass is 490 g/mol. The number of carbonyl (C=O) groups is 1. The first-order valence-corrected chi connectivity index (χ1v) is 11.3. The van der Waals surface area contributed by atoms with Gasteiger partial charge in [-0.3, -0.25) is 14.9 Å². The van der Waals surface area contributed by atoms with Crippen molar-refractivity contribution in [1.29, 1.82) is 0 Å². The standard InChI is InChI=1S/C27H23ClN2O5/c1-4-34-26-17(3)27-23(24(15-35-27)18-8-10-19(28)11-9-18)14-22(26)16(2)12-25(31)29-20-6-5-7-21(13-20)30(32)33/h5-15H,4H2,1-3H3,(H,29,31)/b16-12+. The zero-order chi connectivity index (χ0) is 25.1. The van der Waals surface area contributed by atoms with Crippen molar-refractivity contribution in [2.24, 2.45) is 0 Å². The van der Waals surface area contributed by atoms with Crippen molar-refractivity contribution in [3.8, 4) is 16.9 Å². The van der Waals surface area contributed by atoms with Gasteiger partial charge in [0.2, 0.25) is 5.91 Å². The number of allylic oxidation sites excluding steroid dienone is 1. The lowest BCUT2D eigenvalue weighted by atomic mass is 9.96. The number of nitrogens with zero attached hydrogens (tertiary/aromatic N) is 1. The number of benzene rings is 3. The topological polar surface area (TPSA) is 94.6 Å². The van der Waals surface area contributed by atoms with Crippen LogP contribution in [0.4, 0.5) is 11.4 Å². The third kappa shape index (κ3) is 5.05. The number of nitro benzene ring substituents is 1. The largest absolute Gasteiger partial charge is 0.493 e. The van der Waals surface area contributed by atoms with Crippen molar-refractivity contribution in [1.82, 2.24) is 0 Å². The molecule has 35 heavy (non-hydrogen) atoms. The number of nitro groups is 1. The zero-order valence-corrected chi connectivity index (χ0v) is 20.2. The van der Waals surface area contributed by atoms with Crippen LogP contribution in [0, 0.1) is 17.0 Å². The number of ether oxygens (including phenoxy) is 1. The van der Waals surface area contributed by atoms with E-state index < -0.39 is 10.8 Å². The molecule has 0 spiro atoms. The van der Waals surface area contributed by atoms with Gasteiger partial charge in [-0.1, -0.05) is 29.8 Å². The minimum atomic E-state index is -0.508. The van der Waals surface area contributed by atoms with Crippen molar-refractivity contribution in [2.75, 3.05) is 11.9 Å². The summed E-state index contributed by atoms with van der Waals surface area (Å²) in [5.41, 5.74) is 5.04. The summed E-state index contributed by atoms with van der Waals surface area (Å²) in [5, 5.41) is 15.2. The smallest absolute Gasteiger partial charge is 0.271 e. The van der Waals surface area contributed by atoms with Crippen molar-refractivity contribution in [3.63, 3.8) is 0 Å². The van der Waals surface area contributed by atoms with E-state index in [2.05, 4.69) is 5.32 Å². The van der Waals surface area contributed by atoms with Crippen LogP contribution in [0.1, 0.15) is 25.0 Å². The highest BCUT2D eigenvalue weighted by molar-refractivity contribution is 6.30. The number of aryl methyl sites for hydroxylation is 1. The van der Waals surface area contributed by atoms with Gasteiger partial charge >= 0.3 is 0 Å². The van der Waals surface area contributed by atoms with Gasteiger partial charge in [-0.2, -0.15) is 0 Å². The van der Waals surface area contributed by atoms with E-state index in [0.717, 1.165) is 27.6 Å². The quantitative estimate of drug-likeness (QED) is 0.165. The average Bonchev–Trinajstić information content (AvgIpc) is 3.25. The van der Waals surface area contributed by atoms with Crippen molar-refractivity contribution >= 4 is 45.4 Å². The average molecular weight is 491 g/mol. The van der Waals surface area contributed by atoms with Crippen LogP contribution in [-0.2, 0) is 4.79 Å². The number of furan rings is 1. The molecule has 0 aliphatic rings. The number of amides is 1. The molecule has 7 nitrogen and oxygen atoms in total. The van der Waals surface area contributed by atoms with Crippen molar-refractivity contribution in [3.05, 3.63) is 93.2 Å². The number of nitrogens with one attached hydrogen (secondary N) is 1. The van der Waals surface area contributed by atoms with Crippen LogP contribution in [0.5, 0.6) is 5.75 Å². The fourth-order valence-electron chi connectivity index (χ4n) is 3.94. The fourth-order valence-corrected chi connectivity index (χ4v) is 4.07. The maximum absolute atomic E-state index is 12.7. The van der Waals surface area contributed by atoms with E-state index in [9.17, 15) is 14.9 Å². The first-order chi connectivity index (χ1) is 16.8. The number of non-ortho nitro benzene ring substituents is 1. The molecule has 0 aliphatic heterocycles. The van der Waals surface area contributed by atoms with Gasteiger partial charge in [0.15, 0.2) is 0 Å². The molecule has 1 amide bonds. The number of rotatable bonds is 7.